The molecule has 2 unspecified atom stereocenters. The molecule has 0 bridgehead atoms. The second kappa shape index (κ2) is 9.52. The highest BCUT2D eigenvalue weighted by Crippen LogP contribution is 2.34. The third kappa shape index (κ3) is 5.25. The lowest BCUT2D eigenvalue weighted by molar-refractivity contribution is -0.0494. The average Bonchev–Trinajstić information content (AvgIpc) is 3.20. The second-order valence-corrected chi connectivity index (χ2v) is 9.40. The van der Waals surface area contributed by atoms with E-state index < -0.39 is 15.5 Å². The average molecular weight is 449 g/mol. The van der Waals surface area contributed by atoms with Crippen molar-refractivity contribution in [3.63, 3.8) is 0 Å². The van der Waals surface area contributed by atoms with Crippen molar-refractivity contribution < 1.29 is 26.3 Å². The number of guanidine groups is 1. The van der Waals surface area contributed by atoms with E-state index >= 15 is 0 Å². The van der Waals surface area contributed by atoms with Gasteiger partial charge in [0.2, 0.25) is 0 Å². The molecule has 2 fully saturated rings. The fourth-order valence-corrected chi connectivity index (χ4v) is 4.84. The number of rotatable bonds is 5. The summed E-state index contributed by atoms with van der Waals surface area (Å²) < 4.78 is 67.5. The summed E-state index contributed by atoms with van der Waals surface area (Å²) in [5, 5.41) is 6.46. The molecule has 30 heavy (non-hydrogen) atoms. The van der Waals surface area contributed by atoms with Crippen LogP contribution in [-0.2, 0) is 14.8 Å². The predicted molar refractivity (Wildman–Crippen MR) is 107 cm³/mol. The van der Waals surface area contributed by atoms with E-state index in [4.69, 9.17) is 4.74 Å². The topological polar surface area (TPSA) is 83.0 Å². The lowest BCUT2D eigenvalue weighted by atomic mass is 9.95. The zero-order valence-corrected chi connectivity index (χ0v) is 17.5. The predicted octanol–water partition coefficient (Wildman–Crippen LogP) is 2.24. The number of nitrogens with one attached hydrogen (secondary N) is 2. The monoisotopic (exact) mass is 448 g/mol. The van der Waals surface area contributed by atoms with Crippen LogP contribution in [-0.4, -0.2) is 63.5 Å². The first-order chi connectivity index (χ1) is 14.2. The molecule has 1 aromatic carbocycles. The minimum atomic E-state index is -5.26. The molecular formula is C19H27F3N4O3S. The Balaban J connectivity index is 1.49. The van der Waals surface area contributed by atoms with Crippen molar-refractivity contribution >= 4 is 16.0 Å². The summed E-state index contributed by atoms with van der Waals surface area (Å²) in [5.74, 6) is 0.815. The van der Waals surface area contributed by atoms with E-state index in [0.717, 1.165) is 12.0 Å². The highest BCUT2D eigenvalue weighted by molar-refractivity contribution is 7.90. The first-order valence-corrected chi connectivity index (χ1v) is 11.4. The smallest absolute Gasteiger partial charge is 0.373 e. The van der Waals surface area contributed by atoms with Crippen LogP contribution < -0.4 is 10.6 Å². The van der Waals surface area contributed by atoms with Crippen molar-refractivity contribution in [1.82, 2.24) is 14.9 Å². The molecular weight excluding hydrogens is 421 g/mol. The molecule has 168 valence electrons. The number of sulfonamides is 1. The molecule has 2 saturated heterocycles. The van der Waals surface area contributed by atoms with E-state index in [0.29, 0.717) is 23.4 Å². The quantitative estimate of drug-likeness (QED) is 0.533. The van der Waals surface area contributed by atoms with Gasteiger partial charge in [-0.3, -0.25) is 4.99 Å². The molecule has 2 heterocycles. The van der Waals surface area contributed by atoms with Crippen LogP contribution in [0.5, 0.6) is 0 Å². The molecule has 0 aliphatic carbocycles. The molecule has 7 nitrogen and oxygen atoms in total. The maximum absolute atomic E-state index is 12.7. The van der Waals surface area contributed by atoms with Crippen molar-refractivity contribution in [3.8, 4) is 0 Å². The maximum Gasteiger partial charge on any atom is 0.511 e. The summed E-state index contributed by atoms with van der Waals surface area (Å²) in [4.78, 5) is 4.19. The molecule has 0 radical (unpaired) electrons. The van der Waals surface area contributed by atoms with Crippen molar-refractivity contribution in [2.24, 2.45) is 10.9 Å². The van der Waals surface area contributed by atoms with E-state index in [1.807, 2.05) is 30.3 Å². The Kier molecular flexibility index (Phi) is 7.25. The zero-order chi connectivity index (χ0) is 21.8. The highest BCUT2D eigenvalue weighted by atomic mass is 32.2. The fraction of sp³-hybridized carbons (Fsp3) is 0.632. The SMILES string of the molecule is CN=C(NCC1CCOC1c1ccccc1)NC1CCN(S(=O)(=O)C(F)(F)F)CC1. The molecule has 2 atom stereocenters. The lowest BCUT2D eigenvalue weighted by Crippen LogP contribution is -2.52. The van der Waals surface area contributed by atoms with Crippen LogP contribution in [0, 0.1) is 5.92 Å². The standard InChI is InChI=1S/C19H27F3N4O3S/c1-23-18(24-13-15-9-12-29-17(15)14-5-3-2-4-6-14)25-16-7-10-26(11-8-16)30(27,28)19(20,21)22/h2-6,15-17H,7-13H2,1H3,(H2,23,24,25). The van der Waals surface area contributed by atoms with Crippen molar-refractivity contribution in [2.45, 2.75) is 36.9 Å². The Morgan fingerprint density at radius 2 is 1.87 bits per heavy atom. The molecule has 2 aliphatic heterocycles. The van der Waals surface area contributed by atoms with E-state index in [2.05, 4.69) is 15.6 Å². The summed E-state index contributed by atoms with van der Waals surface area (Å²) in [6.45, 7) is 0.969. The van der Waals surface area contributed by atoms with Gasteiger partial charge in [0.1, 0.15) is 0 Å². The van der Waals surface area contributed by atoms with E-state index in [-0.39, 0.29) is 44.0 Å². The molecule has 2 N–H and O–H groups in total. The third-order valence-corrected chi connectivity index (χ3v) is 7.15. The van der Waals surface area contributed by atoms with Gasteiger partial charge in [-0.2, -0.15) is 17.5 Å². The molecule has 3 rings (SSSR count). The van der Waals surface area contributed by atoms with E-state index in [1.54, 1.807) is 7.05 Å². The van der Waals surface area contributed by atoms with Crippen molar-refractivity contribution in [2.75, 3.05) is 33.3 Å². The molecule has 0 amide bonds. The van der Waals surface area contributed by atoms with Gasteiger partial charge in [0, 0.05) is 45.2 Å². The largest absolute Gasteiger partial charge is 0.511 e. The summed E-state index contributed by atoms with van der Waals surface area (Å²) in [6.07, 6.45) is 1.47. The van der Waals surface area contributed by atoms with E-state index in [9.17, 15) is 21.6 Å². The third-order valence-electron chi connectivity index (χ3n) is 5.52. The first-order valence-electron chi connectivity index (χ1n) is 9.92. The van der Waals surface area contributed by atoms with Crippen LogP contribution in [0.2, 0.25) is 0 Å². The number of halogens is 3. The highest BCUT2D eigenvalue weighted by Gasteiger charge is 2.50. The molecule has 0 saturated carbocycles. The minimum absolute atomic E-state index is 0.00706. The zero-order valence-electron chi connectivity index (χ0n) is 16.7. The van der Waals surface area contributed by atoms with Crippen LogP contribution in [0.25, 0.3) is 0 Å². The van der Waals surface area contributed by atoms with Crippen LogP contribution >= 0.6 is 0 Å². The number of nitrogens with zero attached hydrogens (tertiary/aromatic N) is 2. The number of alkyl halides is 3. The maximum atomic E-state index is 12.7. The summed E-state index contributed by atoms with van der Waals surface area (Å²) >= 11 is 0. The summed E-state index contributed by atoms with van der Waals surface area (Å²) in [7, 11) is -3.64. The molecule has 0 spiro atoms. The first kappa shape index (κ1) is 22.8. The van der Waals surface area contributed by atoms with Gasteiger partial charge in [0.25, 0.3) is 0 Å². The Morgan fingerprint density at radius 1 is 1.20 bits per heavy atom. The second-order valence-electron chi connectivity index (χ2n) is 7.47. The van der Waals surface area contributed by atoms with Gasteiger partial charge in [-0.1, -0.05) is 30.3 Å². The Bertz CT molecular complexity index is 825. The molecule has 2 aliphatic rings. The summed E-state index contributed by atoms with van der Waals surface area (Å²) in [5.41, 5.74) is -4.13. The fourth-order valence-electron chi connectivity index (χ4n) is 3.86. The van der Waals surface area contributed by atoms with Gasteiger partial charge in [0.05, 0.1) is 6.10 Å². The number of hydrogen-bond donors (Lipinski definition) is 2. The van der Waals surface area contributed by atoms with Crippen LogP contribution in [0.1, 0.15) is 30.9 Å². The molecule has 1 aromatic rings. The van der Waals surface area contributed by atoms with Gasteiger partial charge in [-0.15, -0.1) is 0 Å². The Morgan fingerprint density at radius 3 is 2.47 bits per heavy atom. The lowest BCUT2D eigenvalue weighted by Gasteiger charge is -2.32. The van der Waals surface area contributed by atoms with Gasteiger partial charge in [-0.25, -0.2) is 8.42 Å². The van der Waals surface area contributed by atoms with Crippen molar-refractivity contribution in [1.29, 1.82) is 0 Å². The van der Waals surface area contributed by atoms with Crippen LogP contribution in [0.4, 0.5) is 13.2 Å². The molecule has 0 aromatic heterocycles. The van der Waals surface area contributed by atoms with Gasteiger partial charge >= 0.3 is 15.5 Å². The van der Waals surface area contributed by atoms with Crippen LogP contribution in [0.15, 0.2) is 35.3 Å². The number of benzene rings is 1. The van der Waals surface area contributed by atoms with E-state index in [1.165, 1.54) is 0 Å². The van der Waals surface area contributed by atoms with Gasteiger partial charge < -0.3 is 15.4 Å². The Hall–Kier alpha value is -1.85. The number of aliphatic imine (C=N–C) groups is 1. The Labute approximate surface area is 174 Å². The normalized spacial score (nSPS) is 24.7. The number of hydrogen-bond acceptors (Lipinski definition) is 4. The number of ether oxygens (including phenoxy) is 1. The van der Waals surface area contributed by atoms with Gasteiger partial charge in [0.15, 0.2) is 5.96 Å². The number of piperidine rings is 1. The van der Waals surface area contributed by atoms with Crippen molar-refractivity contribution in [3.05, 3.63) is 35.9 Å². The minimum Gasteiger partial charge on any atom is -0.373 e. The van der Waals surface area contributed by atoms with Gasteiger partial charge in [-0.05, 0) is 24.8 Å². The summed E-state index contributed by atoms with van der Waals surface area (Å²) in [6, 6.07) is 9.85. The van der Waals surface area contributed by atoms with Crippen LogP contribution in [0.3, 0.4) is 0 Å². The molecule has 11 heteroatoms.